The molecule has 5 N–H and O–H groups in total. The number of aromatic nitrogens is 3. The molecular weight excluding hydrogens is 268 g/mol. The van der Waals surface area contributed by atoms with Crippen LogP contribution in [0.4, 0.5) is 5.82 Å². The van der Waals surface area contributed by atoms with E-state index >= 15 is 0 Å². The van der Waals surface area contributed by atoms with Gasteiger partial charge in [0.25, 0.3) is 0 Å². The molecule has 0 spiro atoms. The van der Waals surface area contributed by atoms with E-state index in [1.807, 2.05) is 25.4 Å². The molecule has 2 aromatic heterocycles. The van der Waals surface area contributed by atoms with Crippen LogP contribution in [0.3, 0.4) is 0 Å². The molecule has 0 atom stereocenters. The summed E-state index contributed by atoms with van der Waals surface area (Å²) in [7, 11) is 0. The van der Waals surface area contributed by atoms with Gasteiger partial charge in [0.2, 0.25) is 0 Å². The Balaban J connectivity index is 2.52. The van der Waals surface area contributed by atoms with Gasteiger partial charge in [0.1, 0.15) is 12.1 Å². The average molecular weight is 292 g/mol. The van der Waals surface area contributed by atoms with Gasteiger partial charge in [0.05, 0.1) is 5.52 Å². The van der Waals surface area contributed by atoms with E-state index in [4.69, 9.17) is 16.2 Å². The Morgan fingerprint density at radius 3 is 2.71 bits per heavy atom. The first-order valence-corrected chi connectivity index (χ1v) is 7.25. The summed E-state index contributed by atoms with van der Waals surface area (Å²) >= 11 is 0. The molecule has 0 radical (unpaired) electrons. The summed E-state index contributed by atoms with van der Waals surface area (Å²) in [6, 6.07) is 0. The minimum Gasteiger partial charge on any atom is -0.382 e. The second-order valence-electron chi connectivity index (χ2n) is 4.96. The number of ether oxygens (including phenoxy) is 1. The number of nitrogens with one attached hydrogen (secondary N) is 1. The lowest BCUT2D eigenvalue weighted by Crippen LogP contribution is -2.21. The summed E-state index contributed by atoms with van der Waals surface area (Å²) in [6.07, 6.45) is 0.881. The zero-order valence-electron chi connectivity index (χ0n) is 12.9. The van der Waals surface area contributed by atoms with Crippen LogP contribution in [-0.4, -0.2) is 34.3 Å². The van der Waals surface area contributed by atoms with Crippen molar-refractivity contribution < 1.29 is 4.74 Å². The average Bonchev–Trinajstić information content (AvgIpc) is 2.82. The monoisotopic (exact) mass is 292 g/mol. The largest absolute Gasteiger partial charge is 0.382 e. The number of anilines is 1. The number of hydrogen-bond acceptors (Lipinski definition) is 6. The second kappa shape index (κ2) is 6.73. The summed E-state index contributed by atoms with van der Waals surface area (Å²) in [4.78, 5) is 8.93. The van der Waals surface area contributed by atoms with Gasteiger partial charge in [0.15, 0.2) is 11.6 Å². The SMILES string of the molecule is CCOCc1nc2c(N)nc(C)c(C)c2n1NCCCN. The Morgan fingerprint density at radius 2 is 2.05 bits per heavy atom. The molecule has 0 bridgehead atoms. The van der Waals surface area contributed by atoms with Crippen LogP contribution in [0.2, 0.25) is 0 Å². The number of nitrogens with two attached hydrogens (primary N) is 2. The van der Waals surface area contributed by atoms with E-state index < -0.39 is 0 Å². The first kappa shape index (κ1) is 15.5. The van der Waals surface area contributed by atoms with Crippen LogP contribution in [-0.2, 0) is 11.3 Å². The molecule has 0 saturated carbocycles. The minimum atomic E-state index is 0.429. The number of imidazole rings is 1. The summed E-state index contributed by atoms with van der Waals surface area (Å²) in [5, 5.41) is 0. The number of fused-ring (bicyclic) bond motifs is 1. The van der Waals surface area contributed by atoms with Gasteiger partial charge in [-0.15, -0.1) is 0 Å². The van der Waals surface area contributed by atoms with Crippen LogP contribution in [0.15, 0.2) is 0 Å². The molecular formula is C14H24N6O. The molecule has 0 aliphatic rings. The van der Waals surface area contributed by atoms with E-state index in [1.165, 1.54) is 0 Å². The Labute approximate surface area is 124 Å². The van der Waals surface area contributed by atoms with Crippen LogP contribution >= 0.6 is 0 Å². The fourth-order valence-electron chi connectivity index (χ4n) is 2.23. The molecule has 7 nitrogen and oxygen atoms in total. The normalized spacial score (nSPS) is 11.2. The molecule has 7 heteroatoms. The molecule has 21 heavy (non-hydrogen) atoms. The van der Waals surface area contributed by atoms with E-state index in [2.05, 4.69) is 15.4 Å². The van der Waals surface area contributed by atoms with Crippen LogP contribution in [0.1, 0.15) is 30.4 Å². The molecule has 0 saturated heterocycles. The molecule has 0 unspecified atom stereocenters. The predicted octanol–water partition coefficient (Wildman–Crippen LogP) is 1.06. The molecule has 2 heterocycles. The zero-order valence-corrected chi connectivity index (χ0v) is 12.9. The minimum absolute atomic E-state index is 0.429. The van der Waals surface area contributed by atoms with Crippen molar-refractivity contribution in [2.75, 3.05) is 30.9 Å². The maximum absolute atomic E-state index is 6.02. The van der Waals surface area contributed by atoms with Crippen molar-refractivity contribution in [3.63, 3.8) is 0 Å². The number of pyridine rings is 1. The molecule has 2 rings (SSSR count). The number of hydrogen-bond donors (Lipinski definition) is 3. The molecule has 0 aliphatic carbocycles. The van der Waals surface area contributed by atoms with Gasteiger partial charge in [-0.1, -0.05) is 0 Å². The first-order valence-electron chi connectivity index (χ1n) is 7.25. The maximum atomic E-state index is 6.02. The van der Waals surface area contributed by atoms with Crippen LogP contribution < -0.4 is 16.9 Å². The van der Waals surface area contributed by atoms with Gasteiger partial charge in [-0.25, -0.2) is 14.6 Å². The second-order valence-corrected chi connectivity index (χ2v) is 4.96. The summed E-state index contributed by atoms with van der Waals surface area (Å²) < 4.78 is 7.46. The van der Waals surface area contributed by atoms with Crippen molar-refractivity contribution in [1.29, 1.82) is 0 Å². The maximum Gasteiger partial charge on any atom is 0.154 e. The van der Waals surface area contributed by atoms with Gasteiger partial charge >= 0.3 is 0 Å². The van der Waals surface area contributed by atoms with Crippen LogP contribution in [0.25, 0.3) is 11.0 Å². The number of nitrogen functional groups attached to an aromatic ring is 1. The topological polar surface area (TPSA) is 104 Å². The molecule has 0 fully saturated rings. The quantitative estimate of drug-likeness (QED) is 0.659. The van der Waals surface area contributed by atoms with Crippen molar-refractivity contribution in [2.24, 2.45) is 5.73 Å². The summed E-state index contributed by atoms with van der Waals surface area (Å²) in [5.41, 5.74) is 18.6. The van der Waals surface area contributed by atoms with E-state index in [0.29, 0.717) is 31.1 Å². The molecule has 0 aromatic carbocycles. The molecule has 0 aliphatic heterocycles. The van der Waals surface area contributed by atoms with E-state index in [-0.39, 0.29) is 0 Å². The summed E-state index contributed by atoms with van der Waals surface area (Å²) in [5.74, 6) is 1.25. The third kappa shape index (κ3) is 3.08. The highest BCUT2D eigenvalue weighted by atomic mass is 16.5. The van der Waals surface area contributed by atoms with Gasteiger partial charge < -0.3 is 21.6 Å². The van der Waals surface area contributed by atoms with Gasteiger partial charge in [0, 0.05) is 18.8 Å². The third-order valence-electron chi connectivity index (χ3n) is 3.46. The van der Waals surface area contributed by atoms with Crippen molar-refractivity contribution in [3.8, 4) is 0 Å². The van der Waals surface area contributed by atoms with Crippen molar-refractivity contribution >= 4 is 16.9 Å². The van der Waals surface area contributed by atoms with Crippen molar-refractivity contribution in [3.05, 3.63) is 17.1 Å². The van der Waals surface area contributed by atoms with Crippen LogP contribution in [0.5, 0.6) is 0 Å². The highest BCUT2D eigenvalue weighted by Gasteiger charge is 2.17. The lowest BCUT2D eigenvalue weighted by atomic mass is 10.2. The van der Waals surface area contributed by atoms with E-state index in [1.54, 1.807) is 0 Å². The first-order chi connectivity index (χ1) is 10.1. The Kier molecular flexibility index (Phi) is 4.98. The van der Waals surface area contributed by atoms with Gasteiger partial charge in [-0.05, 0) is 39.3 Å². The zero-order chi connectivity index (χ0) is 15.4. The smallest absolute Gasteiger partial charge is 0.154 e. The lowest BCUT2D eigenvalue weighted by molar-refractivity contribution is 0.127. The Bertz CT molecular complexity index is 622. The Hall–Kier alpha value is -1.86. The standard InChI is InChI=1S/C14H24N6O/c1-4-21-8-11-19-12-13(20(11)17-7-5-6-15)9(2)10(3)18-14(12)16/h17H,4-8,15H2,1-3H3,(H2,16,18). The number of aryl methyl sites for hydroxylation is 2. The van der Waals surface area contributed by atoms with Crippen molar-refractivity contribution in [2.45, 2.75) is 33.8 Å². The Morgan fingerprint density at radius 1 is 1.29 bits per heavy atom. The van der Waals surface area contributed by atoms with Crippen molar-refractivity contribution in [1.82, 2.24) is 14.6 Å². The van der Waals surface area contributed by atoms with Crippen LogP contribution in [0, 0.1) is 13.8 Å². The number of rotatable bonds is 7. The highest BCUT2D eigenvalue weighted by Crippen LogP contribution is 2.25. The lowest BCUT2D eigenvalue weighted by Gasteiger charge is -2.13. The highest BCUT2D eigenvalue weighted by molar-refractivity contribution is 5.88. The van der Waals surface area contributed by atoms with Gasteiger partial charge in [-0.2, -0.15) is 0 Å². The number of nitrogens with zero attached hydrogens (tertiary/aromatic N) is 3. The predicted molar refractivity (Wildman–Crippen MR) is 84.6 cm³/mol. The molecule has 116 valence electrons. The summed E-state index contributed by atoms with van der Waals surface area (Å²) in [6.45, 7) is 8.41. The third-order valence-corrected chi connectivity index (χ3v) is 3.46. The van der Waals surface area contributed by atoms with E-state index in [9.17, 15) is 0 Å². The molecule has 0 amide bonds. The van der Waals surface area contributed by atoms with Gasteiger partial charge in [-0.3, -0.25) is 0 Å². The fraction of sp³-hybridized carbons (Fsp3) is 0.571. The fourth-order valence-corrected chi connectivity index (χ4v) is 2.23. The van der Waals surface area contributed by atoms with E-state index in [0.717, 1.165) is 35.6 Å². The molecule has 2 aromatic rings.